The Kier molecular flexibility index (Phi) is 3.62. The fourth-order valence-electron chi connectivity index (χ4n) is 2.16. The van der Waals surface area contributed by atoms with Crippen LogP contribution in [0, 0.1) is 0 Å². The topological polar surface area (TPSA) is 83.6 Å². The summed E-state index contributed by atoms with van der Waals surface area (Å²) >= 11 is 0. The highest BCUT2D eigenvalue weighted by Gasteiger charge is 2.22. The molecule has 1 amide bonds. The van der Waals surface area contributed by atoms with Gasteiger partial charge in [0.1, 0.15) is 0 Å². The molecule has 96 valence electrons. The molecule has 0 aromatic heterocycles. The average Bonchev–Trinajstić information content (AvgIpc) is 2.38. The maximum atomic E-state index is 12.2. The molecule has 0 radical (unpaired) electrons. The lowest BCUT2D eigenvalue weighted by Gasteiger charge is -2.30. The molecule has 1 fully saturated rings. The van der Waals surface area contributed by atoms with Crippen LogP contribution < -0.4 is 5.73 Å². The van der Waals surface area contributed by atoms with E-state index in [0.29, 0.717) is 18.7 Å². The molecule has 18 heavy (non-hydrogen) atoms. The predicted octanol–water partition coefficient (Wildman–Crippen LogP) is 0.948. The van der Waals surface area contributed by atoms with Crippen molar-refractivity contribution in [1.82, 2.24) is 4.90 Å². The summed E-state index contributed by atoms with van der Waals surface area (Å²) in [4.78, 5) is 24.7. The summed E-state index contributed by atoms with van der Waals surface area (Å²) in [7, 11) is 0. The number of hydrogen-bond donors (Lipinski definition) is 2. The molecule has 1 atom stereocenters. The van der Waals surface area contributed by atoms with Gasteiger partial charge in [0.2, 0.25) is 0 Å². The van der Waals surface area contributed by atoms with Crippen LogP contribution in [0.1, 0.15) is 33.6 Å². The smallest absolute Gasteiger partial charge is 0.335 e. The molecule has 0 aliphatic carbocycles. The van der Waals surface area contributed by atoms with E-state index in [2.05, 4.69) is 0 Å². The zero-order chi connectivity index (χ0) is 13.1. The third-order valence-electron chi connectivity index (χ3n) is 3.10. The van der Waals surface area contributed by atoms with Gasteiger partial charge in [-0.2, -0.15) is 0 Å². The number of hydrogen-bond acceptors (Lipinski definition) is 3. The second-order valence-electron chi connectivity index (χ2n) is 4.54. The molecule has 3 N–H and O–H groups in total. The first kappa shape index (κ1) is 12.6. The van der Waals surface area contributed by atoms with Crippen LogP contribution in [0.3, 0.4) is 0 Å². The minimum Gasteiger partial charge on any atom is -0.478 e. The predicted molar refractivity (Wildman–Crippen MR) is 66.5 cm³/mol. The van der Waals surface area contributed by atoms with E-state index >= 15 is 0 Å². The van der Waals surface area contributed by atoms with E-state index in [1.165, 1.54) is 12.1 Å². The molecule has 1 aliphatic heterocycles. The van der Waals surface area contributed by atoms with Gasteiger partial charge in [-0.1, -0.05) is 6.07 Å². The maximum Gasteiger partial charge on any atom is 0.335 e. The second-order valence-corrected chi connectivity index (χ2v) is 4.54. The van der Waals surface area contributed by atoms with Gasteiger partial charge in [0, 0.05) is 24.7 Å². The van der Waals surface area contributed by atoms with Gasteiger partial charge in [-0.3, -0.25) is 4.79 Å². The SMILES string of the molecule is NC1CCCN(C(=O)c2cccc(C(=O)O)c2)C1. The Morgan fingerprint density at radius 1 is 1.33 bits per heavy atom. The lowest BCUT2D eigenvalue weighted by Crippen LogP contribution is -2.45. The number of nitrogens with two attached hydrogens (primary N) is 1. The Morgan fingerprint density at radius 2 is 2.06 bits per heavy atom. The van der Waals surface area contributed by atoms with Crippen molar-refractivity contribution in [3.8, 4) is 0 Å². The standard InChI is InChI=1S/C13H16N2O3/c14-11-5-2-6-15(8-11)12(16)9-3-1-4-10(7-9)13(17)18/h1,3-4,7,11H,2,5-6,8,14H2,(H,17,18). The zero-order valence-electron chi connectivity index (χ0n) is 10.0. The number of likely N-dealkylation sites (tertiary alicyclic amines) is 1. The van der Waals surface area contributed by atoms with Crippen LogP contribution in [0.15, 0.2) is 24.3 Å². The largest absolute Gasteiger partial charge is 0.478 e. The van der Waals surface area contributed by atoms with E-state index in [9.17, 15) is 9.59 Å². The Hall–Kier alpha value is -1.88. The molecule has 0 saturated carbocycles. The number of carboxylic acid groups (broad SMARTS) is 1. The van der Waals surface area contributed by atoms with Crippen LogP contribution in [0.4, 0.5) is 0 Å². The van der Waals surface area contributed by atoms with E-state index in [4.69, 9.17) is 10.8 Å². The molecule has 5 heteroatoms. The first-order valence-electron chi connectivity index (χ1n) is 5.96. The van der Waals surface area contributed by atoms with E-state index in [1.54, 1.807) is 17.0 Å². The van der Waals surface area contributed by atoms with Crippen molar-refractivity contribution < 1.29 is 14.7 Å². The van der Waals surface area contributed by atoms with Crippen molar-refractivity contribution in [2.75, 3.05) is 13.1 Å². The van der Waals surface area contributed by atoms with Gasteiger partial charge < -0.3 is 15.7 Å². The molecule has 1 heterocycles. The van der Waals surface area contributed by atoms with Crippen molar-refractivity contribution in [2.45, 2.75) is 18.9 Å². The molecule has 2 rings (SSSR count). The Balaban J connectivity index is 2.17. The summed E-state index contributed by atoms with van der Waals surface area (Å²) in [6, 6.07) is 6.12. The summed E-state index contributed by atoms with van der Waals surface area (Å²) < 4.78 is 0. The van der Waals surface area contributed by atoms with Crippen molar-refractivity contribution >= 4 is 11.9 Å². The van der Waals surface area contributed by atoms with Gasteiger partial charge >= 0.3 is 5.97 Å². The van der Waals surface area contributed by atoms with Crippen LogP contribution in [0.25, 0.3) is 0 Å². The molecule has 0 bridgehead atoms. The summed E-state index contributed by atoms with van der Waals surface area (Å²) in [6.07, 6.45) is 1.82. The Labute approximate surface area is 105 Å². The van der Waals surface area contributed by atoms with Crippen LogP contribution >= 0.6 is 0 Å². The van der Waals surface area contributed by atoms with Crippen LogP contribution in [0.5, 0.6) is 0 Å². The third-order valence-corrected chi connectivity index (χ3v) is 3.10. The van der Waals surface area contributed by atoms with Gasteiger partial charge in [-0.15, -0.1) is 0 Å². The summed E-state index contributed by atoms with van der Waals surface area (Å²) in [5, 5.41) is 8.90. The number of piperidine rings is 1. The van der Waals surface area contributed by atoms with Crippen molar-refractivity contribution in [2.24, 2.45) is 5.73 Å². The zero-order valence-corrected chi connectivity index (χ0v) is 10.0. The number of carboxylic acids is 1. The molecular weight excluding hydrogens is 232 g/mol. The normalized spacial score (nSPS) is 19.6. The van der Waals surface area contributed by atoms with Crippen molar-refractivity contribution in [3.05, 3.63) is 35.4 Å². The fraction of sp³-hybridized carbons (Fsp3) is 0.385. The van der Waals surface area contributed by atoms with E-state index in [0.717, 1.165) is 12.8 Å². The molecule has 0 spiro atoms. The van der Waals surface area contributed by atoms with Gasteiger partial charge in [-0.25, -0.2) is 4.79 Å². The molecule has 1 unspecified atom stereocenters. The third kappa shape index (κ3) is 2.68. The number of nitrogens with zero attached hydrogens (tertiary/aromatic N) is 1. The summed E-state index contributed by atoms with van der Waals surface area (Å²) in [5.74, 6) is -1.17. The monoisotopic (exact) mass is 248 g/mol. The average molecular weight is 248 g/mol. The molecule has 1 aromatic rings. The quantitative estimate of drug-likeness (QED) is 0.816. The van der Waals surface area contributed by atoms with Crippen LogP contribution in [-0.2, 0) is 0 Å². The lowest BCUT2D eigenvalue weighted by molar-refractivity contribution is 0.0697. The highest BCUT2D eigenvalue weighted by Crippen LogP contribution is 2.14. The number of carbonyl (C=O) groups is 2. The van der Waals surface area contributed by atoms with Gasteiger partial charge in [0.05, 0.1) is 5.56 Å². The summed E-state index contributed by atoms with van der Waals surface area (Å²) in [6.45, 7) is 1.22. The van der Waals surface area contributed by atoms with Gasteiger partial charge in [0.25, 0.3) is 5.91 Å². The number of carbonyl (C=O) groups excluding carboxylic acids is 1. The first-order chi connectivity index (χ1) is 8.58. The molecule has 1 aromatic carbocycles. The van der Waals surface area contributed by atoms with Gasteiger partial charge in [0.15, 0.2) is 0 Å². The first-order valence-corrected chi connectivity index (χ1v) is 5.96. The minimum absolute atomic E-state index is 0.0188. The maximum absolute atomic E-state index is 12.2. The Bertz CT molecular complexity index is 473. The Morgan fingerprint density at radius 3 is 2.72 bits per heavy atom. The van der Waals surface area contributed by atoms with E-state index in [-0.39, 0.29) is 17.5 Å². The van der Waals surface area contributed by atoms with E-state index in [1.807, 2.05) is 0 Å². The van der Waals surface area contributed by atoms with E-state index < -0.39 is 5.97 Å². The van der Waals surface area contributed by atoms with Crippen molar-refractivity contribution in [3.63, 3.8) is 0 Å². The molecule has 1 saturated heterocycles. The minimum atomic E-state index is -1.03. The second kappa shape index (κ2) is 5.18. The number of rotatable bonds is 2. The molecule has 1 aliphatic rings. The highest BCUT2D eigenvalue weighted by atomic mass is 16.4. The summed E-state index contributed by atoms with van der Waals surface area (Å²) in [5.41, 5.74) is 6.36. The van der Waals surface area contributed by atoms with Gasteiger partial charge in [-0.05, 0) is 31.0 Å². The molecular formula is C13H16N2O3. The molecule has 5 nitrogen and oxygen atoms in total. The van der Waals surface area contributed by atoms with Crippen LogP contribution in [0.2, 0.25) is 0 Å². The highest BCUT2D eigenvalue weighted by molar-refractivity contribution is 5.97. The number of aromatic carboxylic acids is 1. The van der Waals surface area contributed by atoms with Crippen molar-refractivity contribution in [1.29, 1.82) is 0 Å². The fourth-order valence-corrected chi connectivity index (χ4v) is 2.16. The lowest BCUT2D eigenvalue weighted by atomic mass is 10.0. The van der Waals surface area contributed by atoms with Crippen LogP contribution in [-0.4, -0.2) is 41.0 Å². The number of benzene rings is 1. The number of amides is 1.